The second kappa shape index (κ2) is 4.72. The molecular formula is C13H17BN2. The minimum atomic E-state index is 0.120. The summed E-state index contributed by atoms with van der Waals surface area (Å²) in [5.41, 5.74) is 7.44. The molecule has 1 aliphatic rings. The largest absolute Gasteiger partial charge is 0.330 e. The van der Waals surface area contributed by atoms with Crippen LogP contribution in [0.5, 0.6) is 0 Å². The molecule has 0 bridgehead atoms. The van der Waals surface area contributed by atoms with Crippen molar-refractivity contribution in [2.45, 2.75) is 30.9 Å². The Morgan fingerprint density at radius 2 is 1.88 bits per heavy atom. The van der Waals surface area contributed by atoms with Crippen molar-refractivity contribution in [2.75, 3.05) is 6.54 Å². The first-order valence-corrected chi connectivity index (χ1v) is 5.96. The van der Waals surface area contributed by atoms with Gasteiger partial charge in [0, 0.05) is 17.9 Å². The lowest BCUT2D eigenvalue weighted by Crippen LogP contribution is -2.40. The molecule has 0 radical (unpaired) electrons. The van der Waals surface area contributed by atoms with Gasteiger partial charge in [-0.2, -0.15) is 0 Å². The third kappa shape index (κ3) is 1.98. The Bertz CT molecular complexity index is 375. The first-order chi connectivity index (χ1) is 7.80. The molecule has 0 aromatic heterocycles. The zero-order chi connectivity index (χ0) is 11.4. The molecule has 0 spiro atoms. The summed E-state index contributed by atoms with van der Waals surface area (Å²) in [5, 5.41) is 8.92. The van der Waals surface area contributed by atoms with Crippen molar-refractivity contribution in [3.05, 3.63) is 35.9 Å². The van der Waals surface area contributed by atoms with E-state index in [2.05, 4.69) is 30.2 Å². The van der Waals surface area contributed by atoms with E-state index in [0.717, 1.165) is 25.5 Å². The summed E-state index contributed by atoms with van der Waals surface area (Å²) in [4.78, 5) is 0. The van der Waals surface area contributed by atoms with E-state index in [-0.39, 0.29) is 12.1 Å². The van der Waals surface area contributed by atoms with Crippen LogP contribution in [-0.4, -0.2) is 13.3 Å². The normalized spacial score (nSPS) is 19.1. The molecule has 1 aliphatic heterocycles. The zero-order valence-electron chi connectivity index (χ0n) is 9.52. The summed E-state index contributed by atoms with van der Waals surface area (Å²) in [6.45, 7) is 0.929. The molecule has 0 amide bonds. The molecule has 2 rings (SSSR count). The number of rotatable bonds is 2. The van der Waals surface area contributed by atoms with Crippen molar-refractivity contribution in [3.63, 3.8) is 0 Å². The Labute approximate surface area is 97.5 Å². The van der Waals surface area contributed by atoms with Crippen LogP contribution in [0.4, 0.5) is 0 Å². The summed E-state index contributed by atoms with van der Waals surface area (Å²) in [6.07, 6.45) is 4.07. The smallest absolute Gasteiger partial charge is 0.267 e. The summed E-state index contributed by atoms with van der Waals surface area (Å²) in [7, 11) is 0. The predicted molar refractivity (Wildman–Crippen MR) is 67.4 cm³/mol. The minimum Gasteiger partial charge on any atom is -0.330 e. The Morgan fingerprint density at radius 1 is 1.25 bits per heavy atom. The molecular weight excluding hydrogens is 195 g/mol. The van der Waals surface area contributed by atoms with Gasteiger partial charge in [-0.1, -0.05) is 43.0 Å². The average molecular weight is 212 g/mol. The number of hydrogen-bond donors (Lipinski definition) is 1. The van der Waals surface area contributed by atoms with Gasteiger partial charge < -0.3 is 5.73 Å². The van der Waals surface area contributed by atoms with Gasteiger partial charge in [-0.3, -0.25) is 0 Å². The van der Waals surface area contributed by atoms with Crippen LogP contribution in [0.15, 0.2) is 30.3 Å². The van der Waals surface area contributed by atoms with Gasteiger partial charge in [-0.05, 0) is 18.4 Å². The van der Waals surface area contributed by atoms with Gasteiger partial charge in [0.15, 0.2) is 0 Å². The van der Waals surface area contributed by atoms with Crippen LogP contribution in [0.2, 0.25) is 12.6 Å². The quantitative estimate of drug-likeness (QED) is 0.764. The molecule has 1 saturated heterocycles. The van der Waals surface area contributed by atoms with Gasteiger partial charge in [0.25, 0.3) is 6.71 Å². The Morgan fingerprint density at radius 3 is 2.38 bits per heavy atom. The summed E-state index contributed by atoms with van der Waals surface area (Å²) in [6, 6.07) is 10.5. The molecule has 2 N–H and O–H groups in total. The van der Waals surface area contributed by atoms with Crippen molar-refractivity contribution < 1.29 is 0 Å². The lowest BCUT2D eigenvalue weighted by molar-refractivity contribution is 0.391. The Kier molecular flexibility index (Phi) is 3.31. The van der Waals surface area contributed by atoms with Crippen LogP contribution in [0.25, 0.3) is 0 Å². The number of nitriles is 1. The van der Waals surface area contributed by atoms with Crippen LogP contribution in [0.1, 0.15) is 18.4 Å². The van der Waals surface area contributed by atoms with Crippen LogP contribution < -0.4 is 5.73 Å². The number of nitrogens with two attached hydrogens (primary N) is 1. The fourth-order valence-corrected chi connectivity index (χ4v) is 2.70. The SMILES string of the molecule is N#CB1CCC(CN)(c2ccccc2)CC1. The van der Waals surface area contributed by atoms with Crippen molar-refractivity contribution in [1.82, 2.24) is 0 Å². The van der Waals surface area contributed by atoms with E-state index < -0.39 is 0 Å². The summed E-state index contributed by atoms with van der Waals surface area (Å²) in [5.74, 6) is 2.38. The van der Waals surface area contributed by atoms with Crippen LogP contribution in [0, 0.1) is 11.2 Å². The highest BCUT2D eigenvalue weighted by atomic mass is 14.6. The first-order valence-electron chi connectivity index (χ1n) is 5.96. The monoisotopic (exact) mass is 212 g/mol. The van der Waals surface area contributed by atoms with E-state index in [1.54, 1.807) is 0 Å². The van der Waals surface area contributed by atoms with E-state index in [1.807, 2.05) is 6.07 Å². The van der Waals surface area contributed by atoms with E-state index in [0.29, 0.717) is 6.54 Å². The average Bonchev–Trinajstić information content (AvgIpc) is 2.40. The highest BCUT2D eigenvalue weighted by Gasteiger charge is 2.36. The molecule has 1 heterocycles. The molecule has 1 aromatic rings. The van der Waals surface area contributed by atoms with Crippen molar-refractivity contribution >= 4 is 6.71 Å². The maximum atomic E-state index is 8.92. The molecule has 16 heavy (non-hydrogen) atoms. The summed E-state index contributed by atoms with van der Waals surface area (Å²) < 4.78 is 0. The maximum Gasteiger partial charge on any atom is 0.267 e. The van der Waals surface area contributed by atoms with Gasteiger partial charge in [0.05, 0.1) is 0 Å². The lowest BCUT2D eigenvalue weighted by Gasteiger charge is -2.37. The Balaban J connectivity index is 2.20. The van der Waals surface area contributed by atoms with Crippen molar-refractivity contribution in [1.29, 1.82) is 5.26 Å². The van der Waals surface area contributed by atoms with Crippen LogP contribution in [-0.2, 0) is 5.41 Å². The molecule has 0 saturated carbocycles. The third-order valence-electron chi connectivity index (χ3n) is 3.90. The number of benzene rings is 1. The van der Waals surface area contributed by atoms with Crippen LogP contribution in [0.3, 0.4) is 0 Å². The highest BCUT2D eigenvalue weighted by molar-refractivity contribution is 6.67. The van der Waals surface area contributed by atoms with E-state index in [4.69, 9.17) is 11.0 Å². The molecule has 1 aromatic carbocycles. The maximum absolute atomic E-state index is 8.92. The van der Waals surface area contributed by atoms with Gasteiger partial charge in [-0.15, -0.1) is 0 Å². The van der Waals surface area contributed by atoms with Crippen LogP contribution >= 0.6 is 0 Å². The third-order valence-corrected chi connectivity index (χ3v) is 3.90. The fourth-order valence-electron chi connectivity index (χ4n) is 2.70. The Hall–Kier alpha value is -1.27. The molecule has 0 unspecified atom stereocenters. The van der Waals surface area contributed by atoms with E-state index in [1.165, 1.54) is 5.56 Å². The molecule has 1 fully saturated rings. The molecule has 2 nitrogen and oxygen atoms in total. The van der Waals surface area contributed by atoms with Crippen molar-refractivity contribution in [3.8, 4) is 5.97 Å². The topological polar surface area (TPSA) is 49.8 Å². The second-order valence-electron chi connectivity index (χ2n) is 4.75. The van der Waals surface area contributed by atoms with E-state index >= 15 is 0 Å². The fraction of sp³-hybridized carbons (Fsp3) is 0.462. The highest BCUT2D eigenvalue weighted by Crippen LogP contribution is 2.38. The second-order valence-corrected chi connectivity index (χ2v) is 4.75. The van der Waals surface area contributed by atoms with Gasteiger partial charge in [-0.25, -0.2) is 5.26 Å². The molecule has 0 aliphatic carbocycles. The van der Waals surface area contributed by atoms with Crippen molar-refractivity contribution in [2.24, 2.45) is 5.73 Å². The standard InChI is InChI=1S/C13H17BN2/c15-10-13(12-4-2-1-3-5-12)6-8-14(11-16)9-7-13/h1-5H,6-10,15H2. The van der Waals surface area contributed by atoms with E-state index in [9.17, 15) is 0 Å². The first kappa shape index (κ1) is 11.2. The number of nitrogens with zero attached hydrogens (tertiary/aromatic N) is 1. The number of hydrogen-bond acceptors (Lipinski definition) is 2. The lowest BCUT2D eigenvalue weighted by atomic mass is 9.39. The summed E-state index contributed by atoms with van der Waals surface area (Å²) >= 11 is 0. The van der Waals surface area contributed by atoms with Gasteiger partial charge in [0.2, 0.25) is 0 Å². The van der Waals surface area contributed by atoms with Gasteiger partial charge >= 0.3 is 0 Å². The molecule has 0 atom stereocenters. The minimum absolute atomic E-state index is 0.120. The molecule has 82 valence electrons. The molecule has 3 heteroatoms. The van der Waals surface area contributed by atoms with Gasteiger partial charge in [0.1, 0.15) is 0 Å². The zero-order valence-corrected chi connectivity index (χ0v) is 9.52. The predicted octanol–water partition coefficient (Wildman–Crippen LogP) is 2.23.